The number of aliphatic hydroxyl groups excluding tert-OH is 1. The quantitative estimate of drug-likeness (QED) is 0.883. The molecular formula is C17H20N2O2. The number of pyridine rings is 1. The zero-order valence-electron chi connectivity index (χ0n) is 11.9. The lowest BCUT2D eigenvalue weighted by molar-refractivity contribution is 0.146. The minimum Gasteiger partial charge on any atom is -0.489 e. The third-order valence-electron chi connectivity index (χ3n) is 3.78. The summed E-state index contributed by atoms with van der Waals surface area (Å²) in [7, 11) is 0. The van der Waals surface area contributed by atoms with E-state index in [4.69, 9.17) is 4.74 Å². The molecule has 0 amide bonds. The summed E-state index contributed by atoms with van der Waals surface area (Å²) < 4.78 is 5.96. The Bertz CT molecular complexity index is 574. The molecule has 1 aliphatic rings. The summed E-state index contributed by atoms with van der Waals surface area (Å²) in [6.45, 7) is 1.25. The molecule has 2 heterocycles. The van der Waals surface area contributed by atoms with E-state index in [1.807, 2.05) is 30.3 Å². The molecule has 4 heteroatoms. The number of ether oxygens (including phenoxy) is 1. The SMILES string of the molecule is O[C@@H](CNCC1CCc2ccccc2O1)c1cccnc1. The summed E-state index contributed by atoms with van der Waals surface area (Å²) in [6, 6.07) is 11.9. The standard InChI is InChI=1S/C17H20N2O2/c20-16(14-5-3-9-18-10-14)12-19-11-15-8-7-13-4-1-2-6-17(13)21-15/h1-6,9-10,15-16,19-20H,7-8,11-12H2/t15?,16-/m0/s1. The molecular weight excluding hydrogens is 264 g/mol. The summed E-state index contributed by atoms with van der Waals surface area (Å²) >= 11 is 0. The maximum atomic E-state index is 10.1. The minimum atomic E-state index is -0.533. The van der Waals surface area contributed by atoms with E-state index in [1.165, 1.54) is 5.56 Å². The van der Waals surface area contributed by atoms with E-state index in [1.54, 1.807) is 12.4 Å². The van der Waals surface area contributed by atoms with Gasteiger partial charge in [0.1, 0.15) is 11.9 Å². The van der Waals surface area contributed by atoms with Gasteiger partial charge in [0.2, 0.25) is 0 Å². The van der Waals surface area contributed by atoms with Gasteiger partial charge in [-0.1, -0.05) is 24.3 Å². The van der Waals surface area contributed by atoms with Crippen LogP contribution in [-0.2, 0) is 6.42 Å². The normalized spacial score (nSPS) is 18.6. The number of nitrogens with one attached hydrogen (secondary N) is 1. The summed E-state index contributed by atoms with van der Waals surface area (Å²) in [4.78, 5) is 4.02. The van der Waals surface area contributed by atoms with Gasteiger partial charge in [0.15, 0.2) is 0 Å². The lowest BCUT2D eigenvalue weighted by Gasteiger charge is -2.26. The van der Waals surface area contributed by atoms with Crippen molar-refractivity contribution < 1.29 is 9.84 Å². The fourth-order valence-corrected chi connectivity index (χ4v) is 2.60. The fraction of sp³-hybridized carbons (Fsp3) is 0.353. The zero-order chi connectivity index (χ0) is 14.5. The van der Waals surface area contributed by atoms with Crippen LogP contribution in [0.25, 0.3) is 0 Å². The molecule has 3 rings (SSSR count). The average molecular weight is 284 g/mol. The number of rotatable bonds is 5. The molecule has 0 radical (unpaired) electrons. The summed E-state index contributed by atoms with van der Waals surface area (Å²) in [5.41, 5.74) is 2.11. The Morgan fingerprint density at radius 2 is 2.19 bits per heavy atom. The van der Waals surface area contributed by atoms with Gasteiger partial charge in [-0.2, -0.15) is 0 Å². The van der Waals surface area contributed by atoms with Crippen LogP contribution < -0.4 is 10.1 Å². The van der Waals surface area contributed by atoms with Crippen LogP contribution in [0.15, 0.2) is 48.8 Å². The summed E-state index contributed by atoms with van der Waals surface area (Å²) in [6.07, 6.45) is 5.09. The van der Waals surface area contributed by atoms with E-state index in [2.05, 4.69) is 16.4 Å². The Kier molecular flexibility index (Phi) is 4.48. The third kappa shape index (κ3) is 3.60. The van der Waals surface area contributed by atoms with E-state index >= 15 is 0 Å². The molecule has 0 spiro atoms. The van der Waals surface area contributed by atoms with Gasteiger partial charge < -0.3 is 15.2 Å². The van der Waals surface area contributed by atoms with E-state index in [-0.39, 0.29) is 6.10 Å². The first-order valence-electron chi connectivity index (χ1n) is 7.36. The van der Waals surface area contributed by atoms with Gasteiger partial charge in [-0.3, -0.25) is 4.98 Å². The van der Waals surface area contributed by atoms with Crippen molar-refractivity contribution in [1.29, 1.82) is 0 Å². The van der Waals surface area contributed by atoms with Crippen molar-refractivity contribution >= 4 is 0 Å². The van der Waals surface area contributed by atoms with Crippen molar-refractivity contribution in [2.45, 2.75) is 25.0 Å². The molecule has 0 saturated heterocycles. The van der Waals surface area contributed by atoms with Crippen LogP contribution in [0.4, 0.5) is 0 Å². The molecule has 21 heavy (non-hydrogen) atoms. The van der Waals surface area contributed by atoms with Crippen LogP contribution in [0.3, 0.4) is 0 Å². The summed E-state index contributed by atoms with van der Waals surface area (Å²) in [5.74, 6) is 0.989. The molecule has 2 atom stereocenters. The number of para-hydroxylation sites is 1. The number of benzene rings is 1. The number of aliphatic hydroxyl groups is 1. The van der Waals surface area contributed by atoms with Gasteiger partial charge in [0.25, 0.3) is 0 Å². The van der Waals surface area contributed by atoms with Crippen molar-refractivity contribution in [3.8, 4) is 5.75 Å². The summed E-state index contributed by atoms with van der Waals surface area (Å²) in [5, 5.41) is 13.3. The topological polar surface area (TPSA) is 54.4 Å². The van der Waals surface area contributed by atoms with Crippen molar-refractivity contribution in [2.24, 2.45) is 0 Å². The Balaban J connectivity index is 1.47. The van der Waals surface area contributed by atoms with Gasteiger partial charge in [0, 0.05) is 31.0 Å². The first-order chi connectivity index (χ1) is 10.3. The van der Waals surface area contributed by atoms with Gasteiger partial charge in [-0.15, -0.1) is 0 Å². The highest BCUT2D eigenvalue weighted by Crippen LogP contribution is 2.26. The second kappa shape index (κ2) is 6.70. The number of aromatic nitrogens is 1. The third-order valence-corrected chi connectivity index (χ3v) is 3.78. The van der Waals surface area contributed by atoms with Crippen LogP contribution in [0.5, 0.6) is 5.75 Å². The number of hydrogen-bond donors (Lipinski definition) is 2. The van der Waals surface area contributed by atoms with Gasteiger partial charge in [0.05, 0.1) is 6.10 Å². The molecule has 0 saturated carbocycles. The fourth-order valence-electron chi connectivity index (χ4n) is 2.60. The highest BCUT2D eigenvalue weighted by molar-refractivity contribution is 5.35. The Morgan fingerprint density at radius 3 is 3.05 bits per heavy atom. The van der Waals surface area contributed by atoms with Crippen molar-refractivity contribution in [3.63, 3.8) is 0 Å². The number of nitrogens with zero attached hydrogens (tertiary/aromatic N) is 1. The molecule has 1 aromatic carbocycles. The van der Waals surface area contributed by atoms with Gasteiger partial charge >= 0.3 is 0 Å². The van der Waals surface area contributed by atoms with Gasteiger partial charge in [-0.25, -0.2) is 0 Å². The molecule has 1 aliphatic heterocycles. The second-order valence-electron chi connectivity index (χ2n) is 5.35. The number of fused-ring (bicyclic) bond motifs is 1. The van der Waals surface area contributed by atoms with E-state index < -0.39 is 6.10 Å². The highest BCUT2D eigenvalue weighted by Gasteiger charge is 2.19. The van der Waals surface area contributed by atoms with Crippen molar-refractivity contribution in [3.05, 3.63) is 59.9 Å². The minimum absolute atomic E-state index is 0.168. The number of aryl methyl sites for hydroxylation is 1. The van der Waals surface area contributed by atoms with E-state index in [0.29, 0.717) is 6.54 Å². The van der Waals surface area contributed by atoms with Gasteiger partial charge in [-0.05, 0) is 30.5 Å². The van der Waals surface area contributed by atoms with E-state index in [0.717, 1.165) is 30.7 Å². The molecule has 4 nitrogen and oxygen atoms in total. The Hall–Kier alpha value is -1.91. The van der Waals surface area contributed by atoms with Crippen molar-refractivity contribution in [1.82, 2.24) is 10.3 Å². The van der Waals surface area contributed by atoms with Crippen LogP contribution in [0, 0.1) is 0 Å². The first-order valence-corrected chi connectivity index (χ1v) is 7.36. The highest BCUT2D eigenvalue weighted by atomic mass is 16.5. The lowest BCUT2D eigenvalue weighted by Crippen LogP contribution is -2.36. The Labute approximate surface area is 124 Å². The largest absolute Gasteiger partial charge is 0.489 e. The first kappa shape index (κ1) is 14.0. The van der Waals surface area contributed by atoms with Crippen LogP contribution in [0.2, 0.25) is 0 Å². The molecule has 0 bridgehead atoms. The number of hydrogen-bond acceptors (Lipinski definition) is 4. The molecule has 1 aromatic heterocycles. The molecule has 0 aliphatic carbocycles. The predicted molar refractivity (Wildman–Crippen MR) is 81.2 cm³/mol. The Morgan fingerprint density at radius 1 is 1.29 bits per heavy atom. The molecule has 2 aromatic rings. The van der Waals surface area contributed by atoms with E-state index in [9.17, 15) is 5.11 Å². The molecule has 110 valence electrons. The van der Waals surface area contributed by atoms with Crippen LogP contribution in [0.1, 0.15) is 23.7 Å². The second-order valence-corrected chi connectivity index (χ2v) is 5.35. The monoisotopic (exact) mass is 284 g/mol. The molecule has 0 fully saturated rings. The average Bonchev–Trinajstić information content (AvgIpc) is 2.55. The van der Waals surface area contributed by atoms with Crippen LogP contribution in [-0.4, -0.2) is 29.3 Å². The maximum Gasteiger partial charge on any atom is 0.122 e. The van der Waals surface area contributed by atoms with Crippen LogP contribution >= 0.6 is 0 Å². The molecule has 1 unspecified atom stereocenters. The lowest BCUT2D eigenvalue weighted by atomic mass is 10.0. The molecule has 2 N–H and O–H groups in total. The zero-order valence-corrected chi connectivity index (χ0v) is 11.9. The van der Waals surface area contributed by atoms with Crippen molar-refractivity contribution in [2.75, 3.05) is 13.1 Å². The predicted octanol–water partition coefficient (Wildman–Crippen LogP) is 2.10. The maximum absolute atomic E-state index is 10.1. The smallest absolute Gasteiger partial charge is 0.122 e.